The highest BCUT2D eigenvalue weighted by atomic mass is 35.5. The van der Waals surface area contributed by atoms with E-state index in [4.69, 9.17) is 21.1 Å². The second-order valence-electron chi connectivity index (χ2n) is 8.66. The van der Waals surface area contributed by atoms with Crippen LogP contribution in [0.2, 0.25) is 5.02 Å². The van der Waals surface area contributed by atoms with Crippen molar-refractivity contribution in [1.29, 1.82) is 0 Å². The number of anilines is 2. The molecule has 3 N–H and O–H groups in total. The number of nitrogens with zero attached hydrogens (tertiary/aromatic N) is 2. The highest BCUT2D eigenvalue weighted by Gasteiger charge is 2.29. The number of hydrogen-bond donors (Lipinski definition) is 3. The number of carbonyl (C=O) groups is 1. The molecule has 4 heterocycles. The molecule has 0 spiro atoms. The van der Waals surface area contributed by atoms with E-state index in [9.17, 15) is 4.79 Å². The van der Waals surface area contributed by atoms with Crippen LogP contribution in [-0.2, 0) is 11.2 Å². The first kappa shape index (κ1) is 22.7. The van der Waals surface area contributed by atoms with Crippen LogP contribution in [0.5, 0.6) is 5.75 Å². The Bertz CT molecular complexity index is 1210. The van der Waals surface area contributed by atoms with E-state index in [1.807, 2.05) is 31.2 Å². The van der Waals surface area contributed by atoms with E-state index >= 15 is 0 Å². The SMILES string of the molecule is Cc1c(Cl)cccc1Nc1c(-c2ccncc2OC[C@H]2COCCN2C)[nH]c2c1C(=O)NCC2. The van der Waals surface area contributed by atoms with Crippen LogP contribution in [-0.4, -0.2) is 66.8 Å². The first-order valence-electron chi connectivity index (χ1n) is 11.4. The molecule has 0 bridgehead atoms. The van der Waals surface area contributed by atoms with Crippen LogP contribution in [0.25, 0.3) is 11.3 Å². The van der Waals surface area contributed by atoms with Crippen LogP contribution in [0.15, 0.2) is 36.7 Å². The van der Waals surface area contributed by atoms with Crippen molar-refractivity contribution in [2.45, 2.75) is 19.4 Å². The number of carbonyl (C=O) groups excluding carboxylic acids is 1. The summed E-state index contributed by atoms with van der Waals surface area (Å²) in [5.74, 6) is 0.537. The summed E-state index contributed by atoms with van der Waals surface area (Å²) in [5, 5.41) is 7.09. The van der Waals surface area contributed by atoms with Gasteiger partial charge >= 0.3 is 0 Å². The Kier molecular flexibility index (Phi) is 6.45. The van der Waals surface area contributed by atoms with Gasteiger partial charge in [-0.25, -0.2) is 0 Å². The summed E-state index contributed by atoms with van der Waals surface area (Å²) in [6.45, 7) is 5.26. The Morgan fingerprint density at radius 1 is 1.35 bits per heavy atom. The van der Waals surface area contributed by atoms with E-state index in [1.54, 1.807) is 12.4 Å². The molecule has 178 valence electrons. The lowest BCUT2D eigenvalue weighted by Crippen LogP contribution is -2.46. The van der Waals surface area contributed by atoms with Gasteiger partial charge in [0.25, 0.3) is 5.91 Å². The lowest BCUT2D eigenvalue weighted by atomic mass is 10.0. The molecule has 0 saturated carbocycles. The first-order chi connectivity index (χ1) is 16.5. The standard InChI is InChI=1S/C25H28ClN5O3/c1-15-18(26)4-3-5-19(15)29-24-22-20(7-9-28-25(22)32)30-23(24)17-6-8-27-12-21(17)34-14-16-13-33-11-10-31(16)2/h3-6,8,12,16,29-30H,7,9-11,13-14H2,1-2H3,(H,28,32)/t16-/m1/s1. The fourth-order valence-electron chi connectivity index (χ4n) is 4.38. The van der Waals surface area contributed by atoms with Crippen LogP contribution in [0.3, 0.4) is 0 Å². The number of fused-ring (bicyclic) bond motifs is 1. The van der Waals surface area contributed by atoms with Crippen LogP contribution >= 0.6 is 11.6 Å². The number of pyridine rings is 1. The van der Waals surface area contributed by atoms with Gasteiger partial charge in [-0.3, -0.25) is 14.7 Å². The van der Waals surface area contributed by atoms with Gasteiger partial charge in [0, 0.05) is 47.7 Å². The maximum Gasteiger partial charge on any atom is 0.255 e. The predicted octanol–water partition coefficient (Wildman–Crippen LogP) is 3.78. The number of likely N-dealkylation sites (N-methyl/N-ethyl adjacent to an activating group) is 1. The molecule has 9 heteroatoms. The Morgan fingerprint density at radius 3 is 3.09 bits per heavy atom. The molecule has 2 aliphatic heterocycles. The summed E-state index contributed by atoms with van der Waals surface area (Å²) in [6, 6.07) is 7.76. The highest BCUT2D eigenvalue weighted by Crippen LogP contribution is 2.41. The Hall–Kier alpha value is -3.07. The topological polar surface area (TPSA) is 91.5 Å². The van der Waals surface area contributed by atoms with Crippen LogP contribution < -0.4 is 15.4 Å². The van der Waals surface area contributed by atoms with Crippen LogP contribution in [0.1, 0.15) is 21.6 Å². The minimum Gasteiger partial charge on any atom is -0.490 e. The van der Waals surface area contributed by atoms with E-state index in [1.165, 1.54) is 0 Å². The number of halogens is 1. The molecule has 1 aromatic carbocycles. The van der Waals surface area contributed by atoms with E-state index in [0.717, 1.165) is 47.8 Å². The molecular weight excluding hydrogens is 454 g/mol. The number of nitrogens with one attached hydrogen (secondary N) is 3. The summed E-state index contributed by atoms with van der Waals surface area (Å²) < 4.78 is 11.9. The number of ether oxygens (including phenoxy) is 2. The molecular formula is C25H28ClN5O3. The van der Waals surface area contributed by atoms with Gasteiger partial charge in [0.2, 0.25) is 0 Å². The second-order valence-corrected chi connectivity index (χ2v) is 9.07. The highest BCUT2D eigenvalue weighted by molar-refractivity contribution is 6.31. The first-order valence-corrected chi connectivity index (χ1v) is 11.8. The van der Waals surface area contributed by atoms with E-state index in [-0.39, 0.29) is 11.9 Å². The van der Waals surface area contributed by atoms with Crippen molar-refractivity contribution in [3.63, 3.8) is 0 Å². The number of benzene rings is 1. The minimum atomic E-state index is -0.108. The van der Waals surface area contributed by atoms with Gasteiger partial charge < -0.3 is 25.1 Å². The molecule has 1 saturated heterocycles. The average molecular weight is 482 g/mol. The molecule has 1 amide bonds. The predicted molar refractivity (Wildman–Crippen MR) is 132 cm³/mol. The van der Waals surface area contributed by atoms with Crippen molar-refractivity contribution < 1.29 is 14.3 Å². The van der Waals surface area contributed by atoms with Crippen molar-refractivity contribution >= 4 is 28.9 Å². The molecule has 8 nitrogen and oxygen atoms in total. The smallest absolute Gasteiger partial charge is 0.255 e. The molecule has 2 aromatic heterocycles. The van der Waals surface area contributed by atoms with E-state index in [0.29, 0.717) is 41.8 Å². The van der Waals surface area contributed by atoms with Crippen LogP contribution in [0, 0.1) is 6.92 Å². The summed E-state index contributed by atoms with van der Waals surface area (Å²) in [6.07, 6.45) is 4.16. The van der Waals surface area contributed by atoms with Gasteiger partial charge in [0.1, 0.15) is 12.4 Å². The summed E-state index contributed by atoms with van der Waals surface area (Å²) >= 11 is 6.37. The summed E-state index contributed by atoms with van der Waals surface area (Å²) in [7, 11) is 2.08. The Labute approximate surface area is 203 Å². The molecule has 2 aliphatic rings. The van der Waals surface area contributed by atoms with Gasteiger partial charge in [-0.15, -0.1) is 0 Å². The monoisotopic (exact) mass is 481 g/mol. The third-order valence-electron chi connectivity index (χ3n) is 6.50. The Balaban J connectivity index is 1.54. The molecule has 34 heavy (non-hydrogen) atoms. The molecule has 5 rings (SSSR count). The number of hydrogen-bond acceptors (Lipinski definition) is 6. The summed E-state index contributed by atoms with van der Waals surface area (Å²) in [5.41, 5.74) is 5.57. The van der Waals surface area contributed by atoms with Crippen LogP contribution in [0.4, 0.5) is 11.4 Å². The Morgan fingerprint density at radius 2 is 2.24 bits per heavy atom. The van der Waals surface area contributed by atoms with Gasteiger partial charge in [0.15, 0.2) is 0 Å². The normalized spacial score (nSPS) is 18.3. The number of amides is 1. The lowest BCUT2D eigenvalue weighted by molar-refractivity contribution is -0.0107. The maximum atomic E-state index is 12.9. The second kappa shape index (κ2) is 9.66. The third kappa shape index (κ3) is 4.36. The van der Waals surface area contributed by atoms with Crippen molar-refractivity contribution in [2.75, 3.05) is 45.3 Å². The number of aromatic nitrogens is 2. The van der Waals surface area contributed by atoms with Gasteiger partial charge in [-0.2, -0.15) is 0 Å². The third-order valence-corrected chi connectivity index (χ3v) is 6.91. The quantitative estimate of drug-likeness (QED) is 0.496. The maximum absolute atomic E-state index is 12.9. The van der Waals surface area contributed by atoms with Crippen molar-refractivity contribution in [3.05, 3.63) is 58.5 Å². The van der Waals surface area contributed by atoms with Crippen molar-refractivity contribution in [1.82, 2.24) is 20.2 Å². The van der Waals surface area contributed by atoms with Gasteiger partial charge in [-0.1, -0.05) is 17.7 Å². The van der Waals surface area contributed by atoms with Gasteiger partial charge in [-0.05, 0) is 37.7 Å². The van der Waals surface area contributed by atoms with E-state index < -0.39 is 0 Å². The summed E-state index contributed by atoms with van der Waals surface area (Å²) in [4.78, 5) is 22.9. The molecule has 3 aromatic rings. The number of H-pyrrole nitrogens is 1. The molecule has 0 unspecified atom stereocenters. The molecule has 0 radical (unpaired) electrons. The zero-order chi connectivity index (χ0) is 23.7. The zero-order valence-corrected chi connectivity index (χ0v) is 20.0. The molecule has 0 aliphatic carbocycles. The van der Waals surface area contributed by atoms with Crippen molar-refractivity contribution in [2.24, 2.45) is 0 Å². The molecule has 1 fully saturated rings. The number of aromatic amines is 1. The van der Waals surface area contributed by atoms with Crippen molar-refractivity contribution in [3.8, 4) is 17.0 Å². The largest absolute Gasteiger partial charge is 0.490 e. The molecule has 1 atom stereocenters. The fourth-order valence-corrected chi connectivity index (χ4v) is 4.56. The van der Waals surface area contributed by atoms with E-state index in [2.05, 4.69) is 32.5 Å². The zero-order valence-electron chi connectivity index (χ0n) is 19.3. The number of morpholine rings is 1. The number of rotatable bonds is 6. The lowest BCUT2D eigenvalue weighted by Gasteiger charge is -2.32. The van der Waals surface area contributed by atoms with Gasteiger partial charge in [0.05, 0.1) is 42.4 Å². The minimum absolute atomic E-state index is 0.108. The average Bonchev–Trinajstić information content (AvgIpc) is 3.21. The fraction of sp³-hybridized carbons (Fsp3) is 0.360.